The fraction of sp³-hybridized carbons (Fsp3) is 0.381. The molecule has 3 aromatic heterocycles. The Morgan fingerprint density at radius 1 is 0.577 bits per heavy atom. The van der Waals surface area contributed by atoms with Crippen molar-refractivity contribution < 1.29 is 8.78 Å². The summed E-state index contributed by atoms with van der Waals surface area (Å²) in [5, 5.41) is 0. The van der Waals surface area contributed by atoms with E-state index in [0.717, 1.165) is 113 Å². The van der Waals surface area contributed by atoms with Crippen molar-refractivity contribution in [2.75, 3.05) is 0 Å². The van der Waals surface area contributed by atoms with Crippen LogP contribution in [-0.4, -0.2) is 8.75 Å². The predicted octanol–water partition coefficient (Wildman–Crippen LogP) is 15.0. The molecule has 1 aliphatic rings. The number of rotatable bonds is 16. The summed E-state index contributed by atoms with van der Waals surface area (Å²) in [7, 11) is 0. The first-order valence-electron chi connectivity index (χ1n) is 18.6. The first-order valence-corrected chi connectivity index (χ1v) is 21.7. The molecule has 0 saturated carbocycles. The van der Waals surface area contributed by atoms with Crippen LogP contribution in [0.5, 0.6) is 0 Å². The monoisotopic (exact) mass is 770 g/mol. The van der Waals surface area contributed by atoms with Gasteiger partial charge in [-0.3, -0.25) is 0 Å². The van der Waals surface area contributed by atoms with Gasteiger partial charge in [0.05, 0.1) is 23.1 Å². The molecule has 52 heavy (non-hydrogen) atoms. The highest BCUT2D eigenvalue weighted by Crippen LogP contribution is 2.54. The average Bonchev–Trinajstić information content (AvgIpc) is 3.99. The van der Waals surface area contributed by atoms with Crippen molar-refractivity contribution in [3.05, 3.63) is 83.4 Å². The molecule has 0 amide bonds. The molecule has 270 valence electrons. The van der Waals surface area contributed by atoms with E-state index in [4.69, 9.17) is 17.5 Å². The number of hydrogen-bond acceptors (Lipinski definition) is 7. The van der Waals surface area contributed by atoms with E-state index in [0.29, 0.717) is 23.0 Å². The topological polar surface area (TPSA) is 50.5 Å². The Bertz CT molecular complexity index is 2110. The number of unbranched alkanes of at least 4 members (excludes halogenated alkanes) is 2. The molecule has 0 aliphatic carbocycles. The summed E-state index contributed by atoms with van der Waals surface area (Å²) in [5.41, 5.74) is 8.06. The first-order chi connectivity index (χ1) is 25.4. The van der Waals surface area contributed by atoms with Gasteiger partial charge in [0, 0.05) is 41.8 Å². The van der Waals surface area contributed by atoms with Crippen molar-refractivity contribution in [2.45, 2.75) is 91.9 Å². The fourth-order valence-electron chi connectivity index (χ4n) is 7.28. The lowest BCUT2D eigenvalue weighted by Crippen LogP contribution is -2.03. The van der Waals surface area contributed by atoms with Gasteiger partial charge in [-0.15, -0.1) is 22.7 Å². The van der Waals surface area contributed by atoms with Crippen LogP contribution in [0.4, 0.5) is 20.2 Å². The highest BCUT2D eigenvalue weighted by Gasteiger charge is 2.28. The van der Waals surface area contributed by atoms with Gasteiger partial charge in [0.1, 0.15) is 34.0 Å². The molecule has 10 heteroatoms. The number of nitrogens with zero attached hydrogens (tertiary/aromatic N) is 4. The van der Waals surface area contributed by atoms with Gasteiger partial charge in [0.25, 0.3) is 0 Å². The predicted molar refractivity (Wildman–Crippen MR) is 220 cm³/mol. The van der Waals surface area contributed by atoms with Crippen LogP contribution in [0.25, 0.3) is 52.8 Å². The van der Waals surface area contributed by atoms with Crippen molar-refractivity contribution in [3.8, 4) is 41.8 Å². The van der Waals surface area contributed by atoms with Gasteiger partial charge in [-0.05, 0) is 72.2 Å². The molecule has 0 spiro atoms. The number of aromatic nitrogens is 2. The van der Waals surface area contributed by atoms with Crippen LogP contribution >= 0.6 is 34.4 Å². The number of benzene rings is 3. The molecule has 0 bridgehead atoms. The zero-order valence-electron chi connectivity index (χ0n) is 30.2. The summed E-state index contributed by atoms with van der Waals surface area (Å²) >= 11 is 5.39. The summed E-state index contributed by atoms with van der Waals surface area (Å²) in [6.07, 6.45) is 11.2. The Morgan fingerprint density at radius 2 is 1.02 bits per heavy atom. The van der Waals surface area contributed by atoms with Gasteiger partial charge in [0.15, 0.2) is 0 Å². The van der Waals surface area contributed by atoms with Gasteiger partial charge >= 0.3 is 0 Å². The average molecular weight is 771 g/mol. The zero-order valence-corrected chi connectivity index (χ0v) is 33.4. The molecule has 4 nitrogen and oxygen atoms in total. The molecule has 4 heterocycles. The van der Waals surface area contributed by atoms with Crippen LogP contribution in [0.15, 0.2) is 69.4 Å². The van der Waals surface area contributed by atoms with Crippen molar-refractivity contribution in [1.82, 2.24) is 8.75 Å². The summed E-state index contributed by atoms with van der Waals surface area (Å²) in [4.78, 5) is 3.60. The van der Waals surface area contributed by atoms with Crippen LogP contribution in [0.2, 0.25) is 0 Å². The molecular formula is C42H44F2N4S4. The third-order valence-electron chi connectivity index (χ3n) is 10.4. The van der Waals surface area contributed by atoms with Crippen molar-refractivity contribution in [3.63, 3.8) is 0 Å². The van der Waals surface area contributed by atoms with Gasteiger partial charge in [0.2, 0.25) is 0 Å². The molecule has 0 fully saturated rings. The lowest BCUT2D eigenvalue weighted by molar-refractivity contribution is 0.448. The van der Waals surface area contributed by atoms with Crippen LogP contribution in [0.1, 0.15) is 90.2 Å². The maximum atomic E-state index is 15.6. The van der Waals surface area contributed by atoms with Crippen LogP contribution < -0.4 is 0 Å². The minimum Gasteiger partial charge on any atom is -0.206 e. The molecule has 0 N–H and O–H groups in total. The molecule has 2 unspecified atom stereocenters. The van der Waals surface area contributed by atoms with Crippen LogP contribution in [-0.2, 0) is 24.2 Å². The Kier molecular flexibility index (Phi) is 11.9. The molecule has 6 aromatic rings. The van der Waals surface area contributed by atoms with E-state index in [9.17, 15) is 0 Å². The van der Waals surface area contributed by atoms with Crippen molar-refractivity contribution >= 4 is 68.2 Å². The second-order valence-corrected chi connectivity index (χ2v) is 17.1. The Balaban J connectivity index is 1.18. The zero-order chi connectivity index (χ0) is 36.2. The summed E-state index contributed by atoms with van der Waals surface area (Å²) < 4.78 is 50.3. The SMILES string of the molecule is CCCCC(CC)Cc1ccc(-c2ccc(-c3c4c(c(-c5ccc(-c6ccc(CC(CC)CCCC)cc6F)s5)c5nsnc35)N=S=N4)s2)c(F)c1. The van der Waals surface area contributed by atoms with E-state index in [-0.39, 0.29) is 11.6 Å². The Labute approximate surface area is 321 Å². The molecule has 3 aromatic carbocycles. The highest BCUT2D eigenvalue weighted by atomic mass is 32.1. The normalized spacial score (nSPS) is 13.5. The molecular weight excluding hydrogens is 727 g/mol. The Hall–Kier alpha value is -3.44. The fourth-order valence-corrected chi connectivity index (χ4v) is 10.6. The van der Waals surface area contributed by atoms with Gasteiger partial charge in [-0.25, -0.2) is 8.78 Å². The van der Waals surface area contributed by atoms with E-state index in [2.05, 4.69) is 39.8 Å². The molecule has 1 aliphatic heterocycles. The maximum absolute atomic E-state index is 15.6. The second kappa shape index (κ2) is 16.7. The summed E-state index contributed by atoms with van der Waals surface area (Å²) in [5.74, 6) is 0.780. The first kappa shape index (κ1) is 36.9. The molecule has 0 radical (unpaired) electrons. The van der Waals surface area contributed by atoms with E-state index in [1.165, 1.54) is 61.2 Å². The van der Waals surface area contributed by atoms with Crippen molar-refractivity contribution in [2.24, 2.45) is 20.6 Å². The van der Waals surface area contributed by atoms with Gasteiger partial charge in [-0.1, -0.05) is 103 Å². The molecule has 7 rings (SSSR count). The quantitative estimate of drug-likeness (QED) is 0.0982. The number of halogens is 2. The summed E-state index contributed by atoms with van der Waals surface area (Å²) in [6, 6.07) is 19.5. The van der Waals surface area contributed by atoms with E-state index >= 15 is 8.78 Å². The minimum atomic E-state index is -0.191. The lowest BCUT2D eigenvalue weighted by atomic mass is 9.91. The standard InChI is InChI=1S/C42H44F2N4S4/c1-5-9-11-25(7-3)21-27-13-15-29(31(43)23-27)33-17-19-35(49-33)37-39-41(47-51-45-39)38(42-40(37)46-52-48-42)36-20-18-34(50-36)30-16-14-28(24-32(30)44)22-26(8-4)12-10-6-2/h13-20,23-26H,5-12,21-22H2,1-4H3. The second-order valence-electron chi connectivity index (χ2n) is 13.9. The largest absolute Gasteiger partial charge is 0.206 e. The van der Waals surface area contributed by atoms with E-state index < -0.39 is 0 Å². The van der Waals surface area contributed by atoms with Crippen LogP contribution in [0.3, 0.4) is 0 Å². The Morgan fingerprint density at radius 3 is 1.42 bits per heavy atom. The van der Waals surface area contributed by atoms with Crippen LogP contribution in [0, 0.1) is 23.5 Å². The number of hydrogen-bond donors (Lipinski definition) is 0. The van der Waals surface area contributed by atoms with E-state index in [1.54, 1.807) is 12.1 Å². The van der Waals surface area contributed by atoms with Gasteiger partial charge in [-0.2, -0.15) is 17.5 Å². The van der Waals surface area contributed by atoms with Gasteiger partial charge < -0.3 is 0 Å². The smallest absolute Gasteiger partial charge is 0.132 e. The minimum absolute atomic E-state index is 0.191. The number of thiophene rings is 2. The van der Waals surface area contributed by atoms with E-state index in [1.807, 2.05) is 36.4 Å². The number of fused-ring (bicyclic) bond motifs is 2. The highest BCUT2D eigenvalue weighted by molar-refractivity contribution is 7.58. The molecule has 0 saturated heterocycles. The maximum Gasteiger partial charge on any atom is 0.132 e. The van der Waals surface area contributed by atoms with Crippen molar-refractivity contribution in [1.29, 1.82) is 0 Å². The molecule has 2 atom stereocenters. The summed E-state index contributed by atoms with van der Waals surface area (Å²) in [6.45, 7) is 8.89. The third-order valence-corrected chi connectivity index (χ3v) is 13.7. The lowest BCUT2D eigenvalue weighted by Gasteiger charge is -2.15. The third kappa shape index (κ3) is 7.63.